The number of alkyl halides is 3. The number of rotatable bonds is 3. The molecule has 0 bridgehead atoms. The molecule has 0 unspecified atom stereocenters. The molecule has 0 atom stereocenters. The molecule has 1 saturated heterocycles. The SMILES string of the molecule is O=[N+]([O-])c1ccc(OC2CC[NH2+]CC2)cc1C(F)(F)F. The van der Waals surface area contributed by atoms with E-state index in [1.807, 2.05) is 0 Å². The Morgan fingerprint density at radius 1 is 1.30 bits per heavy atom. The van der Waals surface area contributed by atoms with E-state index in [2.05, 4.69) is 5.32 Å². The molecule has 1 aliphatic heterocycles. The minimum atomic E-state index is -4.78. The van der Waals surface area contributed by atoms with Crippen molar-refractivity contribution in [1.29, 1.82) is 0 Å². The van der Waals surface area contributed by atoms with Crippen LogP contribution in [-0.2, 0) is 6.18 Å². The van der Waals surface area contributed by atoms with Gasteiger partial charge in [-0.2, -0.15) is 13.2 Å². The third kappa shape index (κ3) is 3.38. The van der Waals surface area contributed by atoms with Crippen LogP contribution in [0.15, 0.2) is 18.2 Å². The molecule has 0 spiro atoms. The van der Waals surface area contributed by atoms with Gasteiger partial charge in [-0.05, 0) is 12.1 Å². The highest BCUT2D eigenvalue weighted by atomic mass is 19.4. The number of hydrogen-bond acceptors (Lipinski definition) is 3. The van der Waals surface area contributed by atoms with Crippen LogP contribution in [-0.4, -0.2) is 24.1 Å². The number of benzene rings is 1. The molecule has 2 N–H and O–H groups in total. The Hall–Kier alpha value is -1.83. The van der Waals surface area contributed by atoms with E-state index >= 15 is 0 Å². The van der Waals surface area contributed by atoms with E-state index in [-0.39, 0.29) is 11.9 Å². The monoisotopic (exact) mass is 291 g/mol. The van der Waals surface area contributed by atoms with Crippen molar-refractivity contribution in [3.05, 3.63) is 33.9 Å². The highest BCUT2D eigenvalue weighted by molar-refractivity contribution is 5.47. The number of ether oxygens (including phenoxy) is 1. The van der Waals surface area contributed by atoms with Crippen LogP contribution in [0.4, 0.5) is 18.9 Å². The summed E-state index contributed by atoms with van der Waals surface area (Å²) in [5, 5.41) is 12.7. The summed E-state index contributed by atoms with van der Waals surface area (Å²) in [4.78, 5) is 9.59. The number of nitro groups is 1. The van der Waals surface area contributed by atoms with Crippen LogP contribution >= 0.6 is 0 Å². The molecule has 1 aromatic rings. The molecule has 0 aliphatic carbocycles. The van der Waals surface area contributed by atoms with Gasteiger partial charge in [-0.1, -0.05) is 0 Å². The van der Waals surface area contributed by atoms with Gasteiger partial charge in [-0.25, -0.2) is 0 Å². The highest BCUT2D eigenvalue weighted by Gasteiger charge is 2.38. The summed E-state index contributed by atoms with van der Waals surface area (Å²) in [7, 11) is 0. The Kier molecular flexibility index (Phi) is 4.12. The molecule has 0 aromatic heterocycles. The second-order valence-corrected chi connectivity index (χ2v) is 4.62. The summed E-state index contributed by atoms with van der Waals surface area (Å²) in [6.07, 6.45) is -3.42. The Morgan fingerprint density at radius 3 is 2.50 bits per heavy atom. The normalized spacial score (nSPS) is 16.9. The molecule has 1 aromatic carbocycles. The molecule has 2 rings (SSSR count). The predicted octanol–water partition coefficient (Wildman–Crippen LogP) is 1.72. The summed E-state index contributed by atoms with van der Waals surface area (Å²) in [6, 6.07) is 2.76. The quantitative estimate of drug-likeness (QED) is 0.681. The van der Waals surface area contributed by atoms with E-state index < -0.39 is 22.4 Å². The minimum Gasteiger partial charge on any atom is -0.490 e. The Labute approximate surface area is 112 Å². The van der Waals surface area contributed by atoms with Gasteiger partial charge in [0.2, 0.25) is 0 Å². The summed E-state index contributed by atoms with van der Waals surface area (Å²) in [6.45, 7) is 1.73. The molecule has 20 heavy (non-hydrogen) atoms. The first-order chi connectivity index (χ1) is 9.38. The van der Waals surface area contributed by atoms with Crippen molar-refractivity contribution in [2.75, 3.05) is 13.1 Å². The summed E-state index contributed by atoms with van der Waals surface area (Å²) in [5.74, 6) is 0.0230. The maximum Gasteiger partial charge on any atom is 0.423 e. The van der Waals surface area contributed by atoms with Gasteiger partial charge >= 0.3 is 6.18 Å². The lowest BCUT2D eigenvalue weighted by Gasteiger charge is -2.22. The number of nitrogens with two attached hydrogens (primary N) is 1. The van der Waals surface area contributed by atoms with E-state index in [4.69, 9.17) is 4.74 Å². The molecule has 1 heterocycles. The van der Waals surface area contributed by atoms with Crippen LogP contribution < -0.4 is 10.1 Å². The smallest absolute Gasteiger partial charge is 0.423 e. The first kappa shape index (κ1) is 14.6. The second-order valence-electron chi connectivity index (χ2n) is 4.62. The third-order valence-corrected chi connectivity index (χ3v) is 3.16. The van der Waals surface area contributed by atoms with Gasteiger partial charge in [0.1, 0.15) is 17.4 Å². The maximum atomic E-state index is 12.8. The van der Waals surface area contributed by atoms with Crippen LogP contribution in [0.2, 0.25) is 0 Å². The number of nitro benzene ring substituents is 1. The number of nitrogens with zero attached hydrogens (tertiary/aromatic N) is 1. The van der Waals surface area contributed by atoms with Crippen molar-refractivity contribution >= 4 is 5.69 Å². The van der Waals surface area contributed by atoms with Gasteiger partial charge in [-0.15, -0.1) is 0 Å². The van der Waals surface area contributed by atoms with Gasteiger partial charge in [0, 0.05) is 18.9 Å². The van der Waals surface area contributed by atoms with E-state index in [1.165, 1.54) is 6.07 Å². The lowest BCUT2D eigenvalue weighted by molar-refractivity contribution is -0.664. The van der Waals surface area contributed by atoms with Gasteiger partial charge in [0.25, 0.3) is 5.69 Å². The van der Waals surface area contributed by atoms with Crippen molar-refractivity contribution in [3.8, 4) is 5.75 Å². The molecular weight excluding hydrogens is 277 g/mol. The highest BCUT2D eigenvalue weighted by Crippen LogP contribution is 2.38. The standard InChI is InChI=1S/C12H13F3N2O3/c13-12(14,15)10-7-9(1-2-11(10)17(18)19)20-8-3-5-16-6-4-8/h1-2,7-8,16H,3-6H2/p+1. The van der Waals surface area contributed by atoms with Crippen molar-refractivity contribution in [3.63, 3.8) is 0 Å². The largest absolute Gasteiger partial charge is 0.490 e. The first-order valence-corrected chi connectivity index (χ1v) is 6.22. The first-order valence-electron chi connectivity index (χ1n) is 6.22. The van der Waals surface area contributed by atoms with Crippen molar-refractivity contribution in [1.82, 2.24) is 0 Å². The van der Waals surface area contributed by atoms with Crippen LogP contribution in [0.5, 0.6) is 5.75 Å². The lowest BCUT2D eigenvalue weighted by atomic mass is 10.1. The van der Waals surface area contributed by atoms with E-state index in [0.717, 1.165) is 32.0 Å². The van der Waals surface area contributed by atoms with Crippen LogP contribution in [0, 0.1) is 10.1 Å². The average molecular weight is 291 g/mol. The second kappa shape index (κ2) is 5.66. The molecule has 0 saturated carbocycles. The minimum absolute atomic E-state index is 0.0230. The molecule has 0 radical (unpaired) electrons. The summed E-state index contributed by atoms with van der Waals surface area (Å²) < 4.78 is 43.9. The topological polar surface area (TPSA) is 69.0 Å². The fourth-order valence-electron chi connectivity index (χ4n) is 2.18. The van der Waals surface area contributed by atoms with Gasteiger partial charge < -0.3 is 10.1 Å². The zero-order valence-electron chi connectivity index (χ0n) is 10.5. The van der Waals surface area contributed by atoms with E-state index in [0.29, 0.717) is 6.07 Å². The number of piperidine rings is 1. The van der Waals surface area contributed by atoms with Crippen LogP contribution in [0.1, 0.15) is 18.4 Å². The Bertz CT molecular complexity index is 499. The summed E-state index contributed by atoms with van der Waals surface area (Å²) in [5.41, 5.74) is -2.23. The van der Waals surface area contributed by atoms with Crippen molar-refractivity contribution in [2.45, 2.75) is 25.1 Å². The fraction of sp³-hybridized carbons (Fsp3) is 0.500. The van der Waals surface area contributed by atoms with Gasteiger partial charge in [-0.3, -0.25) is 10.1 Å². The molecule has 8 heteroatoms. The third-order valence-electron chi connectivity index (χ3n) is 3.16. The molecule has 1 aliphatic rings. The zero-order chi connectivity index (χ0) is 14.8. The Morgan fingerprint density at radius 2 is 1.95 bits per heavy atom. The Balaban J connectivity index is 2.25. The number of quaternary nitrogens is 1. The van der Waals surface area contributed by atoms with E-state index in [9.17, 15) is 23.3 Å². The molecule has 5 nitrogen and oxygen atoms in total. The number of halogens is 3. The molecule has 110 valence electrons. The molecule has 0 amide bonds. The lowest BCUT2D eigenvalue weighted by Crippen LogP contribution is -2.86. The molecule has 1 fully saturated rings. The maximum absolute atomic E-state index is 12.8. The van der Waals surface area contributed by atoms with Crippen molar-refractivity contribution < 1.29 is 28.1 Å². The van der Waals surface area contributed by atoms with Gasteiger partial charge in [0.15, 0.2) is 0 Å². The van der Waals surface area contributed by atoms with Gasteiger partial charge in [0.05, 0.1) is 18.0 Å². The van der Waals surface area contributed by atoms with Crippen molar-refractivity contribution in [2.24, 2.45) is 0 Å². The summed E-state index contributed by atoms with van der Waals surface area (Å²) >= 11 is 0. The zero-order valence-corrected chi connectivity index (χ0v) is 10.5. The van der Waals surface area contributed by atoms with Crippen LogP contribution in [0.25, 0.3) is 0 Å². The predicted molar refractivity (Wildman–Crippen MR) is 63.4 cm³/mol. The van der Waals surface area contributed by atoms with Crippen LogP contribution in [0.3, 0.4) is 0 Å². The number of hydrogen-bond donors (Lipinski definition) is 1. The molecular formula is C12H14F3N2O3+. The van der Waals surface area contributed by atoms with E-state index in [1.54, 1.807) is 0 Å². The fourth-order valence-corrected chi connectivity index (χ4v) is 2.18. The average Bonchev–Trinajstić information content (AvgIpc) is 2.38.